The molecular formula is C39H65N5O7S. The Bertz CT molecular complexity index is 1420. The summed E-state index contributed by atoms with van der Waals surface area (Å²) in [5.41, 5.74) is -1.57. The molecule has 0 spiro atoms. The molecule has 0 aromatic carbocycles. The van der Waals surface area contributed by atoms with Crippen molar-refractivity contribution in [3.05, 3.63) is 0 Å². The zero-order chi connectivity index (χ0) is 38.7. The minimum Gasteiger partial charge on any atom is -0.344 e. The summed E-state index contributed by atoms with van der Waals surface area (Å²) in [4.78, 5) is 69.9. The number of hydrogen-bond donors (Lipinski definition) is 4. The number of sulfone groups is 1. The average molecular weight is 748 g/mol. The maximum Gasteiger partial charge on any atom is 0.315 e. The third kappa shape index (κ3) is 11.0. The van der Waals surface area contributed by atoms with Crippen molar-refractivity contribution in [2.24, 2.45) is 11.3 Å². The zero-order valence-corrected chi connectivity index (χ0v) is 33.4. The second-order valence-corrected chi connectivity index (χ2v) is 19.1. The Morgan fingerprint density at radius 1 is 0.923 bits per heavy atom. The molecule has 0 radical (unpaired) electrons. The highest BCUT2D eigenvalue weighted by Gasteiger charge is 2.47. The Morgan fingerprint density at radius 2 is 1.52 bits per heavy atom. The van der Waals surface area contributed by atoms with E-state index in [9.17, 15) is 32.4 Å². The van der Waals surface area contributed by atoms with Crippen molar-refractivity contribution in [1.82, 2.24) is 26.2 Å². The van der Waals surface area contributed by atoms with Crippen LogP contribution in [0, 0.1) is 23.7 Å². The number of ketones is 1. The topological polar surface area (TPSA) is 171 Å². The Kier molecular flexibility index (Phi) is 15.6. The highest BCUT2D eigenvalue weighted by molar-refractivity contribution is 7.92. The Balaban J connectivity index is 1.89. The summed E-state index contributed by atoms with van der Waals surface area (Å²) in [6.07, 6.45) is 17.1. The Labute approximate surface area is 312 Å². The molecule has 52 heavy (non-hydrogen) atoms. The van der Waals surface area contributed by atoms with Gasteiger partial charge in [-0.15, -0.1) is 6.42 Å². The van der Waals surface area contributed by atoms with E-state index in [1.807, 2.05) is 20.8 Å². The first kappa shape index (κ1) is 43.3. The van der Waals surface area contributed by atoms with Crippen molar-refractivity contribution < 1.29 is 32.4 Å². The van der Waals surface area contributed by atoms with Gasteiger partial charge in [-0.1, -0.05) is 84.5 Å². The Morgan fingerprint density at radius 3 is 2.04 bits per heavy atom. The molecule has 0 bridgehead atoms. The quantitative estimate of drug-likeness (QED) is 0.118. The van der Waals surface area contributed by atoms with Gasteiger partial charge < -0.3 is 26.2 Å². The molecule has 3 atom stereocenters. The van der Waals surface area contributed by atoms with Crippen molar-refractivity contribution in [2.45, 2.75) is 173 Å². The summed E-state index contributed by atoms with van der Waals surface area (Å²) in [6.45, 7) is 10.9. The number of urea groups is 1. The van der Waals surface area contributed by atoms with Crippen LogP contribution >= 0.6 is 0 Å². The predicted molar refractivity (Wildman–Crippen MR) is 203 cm³/mol. The van der Waals surface area contributed by atoms with E-state index in [0.29, 0.717) is 44.9 Å². The van der Waals surface area contributed by atoms with E-state index in [1.54, 1.807) is 20.8 Å². The molecule has 294 valence electrons. The average Bonchev–Trinajstić information content (AvgIpc) is 3.08. The van der Waals surface area contributed by atoms with Gasteiger partial charge in [0.15, 0.2) is 9.84 Å². The number of terminal acetylenes is 1. The third-order valence-electron chi connectivity index (χ3n) is 12.2. The molecule has 0 aliphatic heterocycles. The smallest absolute Gasteiger partial charge is 0.315 e. The van der Waals surface area contributed by atoms with Crippen LogP contribution in [0.25, 0.3) is 0 Å². The van der Waals surface area contributed by atoms with Crippen LogP contribution in [0.5, 0.6) is 0 Å². The van der Waals surface area contributed by atoms with Crippen molar-refractivity contribution in [3.8, 4) is 12.3 Å². The van der Waals surface area contributed by atoms with Crippen molar-refractivity contribution in [2.75, 3.05) is 18.8 Å². The van der Waals surface area contributed by atoms with Gasteiger partial charge in [0, 0.05) is 6.54 Å². The van der Waals surface area contributed by atoms with Crippen molar-refractivity contribution >= 4 is 39.4 Å². The van der Waals surface area contributed by atoms with Gasteiger partial charge in [-0.3, -0.25) is 19.2 Å². The van der Waals surface area contributed by atoms with Crippen molar-refractivity contribution in [3.63, 3.8) is 0 Å². The molecule has 0 aromatic rings. The molecule has 3 aliphatic carbocycles. The predicted octanol–water partition coefficient (Wildman–Crippen LogP) is 4.55. The van der Waals surface area contributed by atoms with E-state index < -0.39 is 73.2 Å². The van der Waals surface area contributed by atoms with Crippen LogP contribution in [-0.2, 0) is 29.0 Å². The molecule has 13 heteroatoms. The highest BCUT2D eigenvalue weighted by atomic mass is 32.2. The fraction of sp³-hybridized carbons (Fsp3) is 0.821. The lowest BCUT2D eigenvalue weighted by Gasteiger charge is -2.44. The fourth-order valence-corrected chi connectivity index (χ4v) is 9.83. The lowest BCUT2D eigenvalue weighted by atomic mass is 9.70. The number of carbonyl (C=O) groups excluding carboxylic acids is 5. The number of Topliss-reactive ketones (excluding diaryl/α,β-unsaturated/α-hetero) is 1. The number of carbonyl (C=O) groups is 5. The summed E-state index contributed by atoms with van der Waals surface area (Å²) >= 11 is 0. The van der Waals surface area contributed by atoms with Crippen molar-refractivity contribution in [1.29, 1.82) is 0 Å². The van der Waals surface area contributed by atoms with Crippen LogP contribution in [0.4, 0.5) is 4.79 Å². The van der Waals surface area contributed by atoms with Crippen LogP contribution in [0.2, 0.25) is 0 Å². The summed E-state index contributed by atoms with van der Waals surface area (Å²) in [6, 6.07) is -3.65. The van der Waals surface area contributed by atoms with Crippen LogP contribution < -0.4 is 21.3 Å². The number of rotatable bonds is 18. The lowest BCUT2D eigenvalue weighted by Crippen LogP contribution is -2.65. The molecule has 0 heterocycles. The molecule has 1 unspecified atom stereocenters. The summed E-state index contributed by atoms with van der Waals surface area (Å²) < 4.78 is 26.3. The Hall–Kier alpha value is -3.14. The molecule has 3 rings (SSSR count). The number of amides is 5. The first-order chi connectivity index (χ1) is 24.4. The normalized spacial score (nSPS) is 20.5. The van der Waals surface area contributed by atoms with Gasteiger partial charge in [0.05, 0.1) is 28.6 Å². The number of nitrogens with one attached hydrogen (secondary N) is 4. The van der Waals surface area contributed by atoms with Gasteiger partial charge in [-0.05, 0) is 77.0 Å². The van der Waals surface area contributed by atoms with Crippen LogP contribution in [0.3, 0.4) is 0 Å². The molecule has 3 fully saturated rings. The van der Waals surface area contributed by atoms with Gasteiger partial charge in [0.25, 0.3) is 5.91 Å². The van der Waals surface area contributed by atoms with Crippen LogP contribution in [-0.4, -0.2) is 90.1 Å². The highest BCUT2D eigenvalue weighted by Crippen LogP contribution is 2.40. The molecule has 4 N–H and O–H groups in total. The van der Waals surface area contributed by atoms with Crippen LogP contribution in [0.15, 0.2) is 0 Å². The van der Waals surface area contributed by atoms with E-state index in [0.717, 1.165) is 57.8 Å². The van der Waals surface area contributed by atoms with E-state index in [-0.39, 0.29) is 24.8 Å². The van der Waals surface area contributed by atoms with E-state index in [1.165, 1.54) is 4.90 Å². The molecule has 3 saturated carbocycles. The molecule has 0 saturated heterocycles. The third-order valence-corrected chi connectivity index (χ3v) is 15.1. The molecular weight excluding hydrogens is 683 g/mol. The molecule has 12 nitrogen and oxygen atoms in total. The molecule has 0 aromatic heterocycles. The number of nitrogens with zero attached hydrogens (tertiary/aromatic N) is 1. The largest absolute Gasteiger partial charge is 0.344 e. The standard InChI is InChI=1S/C39H65N5O7S/c1-8-24-40-34(47)31(45)30(26-29-18-17-19-29)41-33(46)28(4)44(25-9-2)35(48)32(38(7)20-13-11-14-21-38)42-36(49)43-39(22-15-12-16-23-39)27-52(50,51)37(5,6)10-3/h1,28-30,32H,9-27H2,2-7H3,(H,40,47)(H,41,46)(H2,42,43,49)/t28-,30?,32+/m0/s1. The molecule has 5 amide bonds. The molecule has 3 aliphatic rings. The summed E-state index contributed by atoms with van der Waals surface area (Å²) in [7, 11) is -3.58. The maximum absolute atomic E-state index is 14.7. The fourth-order valence-electron chi connectivity index (χ4n) is 7.91. The SMILES string of the molecule is C#CCNC(=O)C(=O)C(CC1CCC1)NC(=O)[C@H](C)N(CCC)C(=O)[C@@H](NC(=O)NC1(CS(=O)(=O)C(C)(C)CC)CCCCC1)C1(C)CCCCC1. The van der Waals surface area contributed by atoms with Gasteiger partial charge in [0.2, 0.25) is 17.6 Å². The second-order valence-electron chi connectivity index (χ2n) is 16.5. The zero-order valence-electron chi connectivity index (χ0n) is 32.5. The van der Waals surface area contributed by atoms with Crippen LogP contribution in [0.1, 0.15) is 144 Å². The summed E-state index contributed by atoms with van der Waals surface area (Å²) in [5.74, 6) is -0.307. The van der Waals surface area contributed by atoms with Gasteiger partial charge in [-0.2, -0.15) is 0 Å². The first-order valence-corrected chi connectivity index (χ1v) is 21.3. The van der Waals surface area contributed by atoms with Gasteiger partial charge in [0.1, 0.15) is 12.1 Å². The lowest BCUT2D eigenvalue weighted by molar-refractivity contribution is -0.145. The van der Waals surface area contributed by atoms with E-state index >= 15 is 0 Å². The number of hydrogen-bond acceptors (Lipinski definition) is 7. The van der Waals surface area contributed by atoms with E-state index in [2.05, 4.69) is 27.2 Å². The maximum atomic E-state index is 14.7. The van der Waals surface area contributed by atoms with E-state index in [4.69, 9.17) is 6.42 Å². The monoisotopic (exact) mass is 747 g/mol. The minimum atomic E-state index is -3.58. The first-order valence-electron chi connectivity index (χ1n) is 19.6. The summed E-state index contributed by atoms with van der Waals surface area (Å²) in [5, 5.41) is 11.3. The second kappa shape index (κ2) is 18.8. The van der Waals surface area contributed by atoms with Gasteiger partial charge in [-0.25, -0.2) is 13.2 Å². The minimum absolute atomic E-state index is 0.113. The van der Waals surface area contributed by atoms with Gasteiger partial charge >= 0.3 is 6.03 Å².